The summed E-state index contributed by atoms with van der Waals surface area (Å²) in [7, 11) is 0. The minimum atomic E-state index is -0.125. The van der Waals surface area contributed by atoms with E-state index < -0.39 is 0 Å². The number of pyridine rings is 3. The van der Waals surface area contributed by atoms with Crippen molar-refractivity contribution in [2.24, 2.45) is 0 Å². The molecule has 12 aromatic rings. The number of ketones is 3. The molecule has 3 radical (unpaired) electrons. The van der Waals surface area contributed by atoms with Gasteiger partial charge in [-0.05, 0) is 191 Å². The van der Waals surface area contributed by atoms with Gasteiger partial charge in [0.25, 0.3) is 0 Å². The number of carbonyl (C=O) groups excluding carboxylic acids is 3. The molecule has 0 bridgehead atoms. The maximum absolute atomic E-state index is 10.0. The molecule has 0 unspecified atom stereocenters. The van der Waals surface area contributed by atoms with Crippen LogP contribution >= 0.6 is 34.0 Å². The molecule has 0 amide bonds. The van der Waals surface area contributed by atoms with Gasteiger partial charge in [0, 0.05) is 112 Å². The van der Waals surface area contributed by atoms with E-state index in [4.69, 9.17) is 15.3 Å². The van der Waals surface area contributed by atoms with Gasteiger partial charge in [0.15, 0.2) is 17.3 Å². The molecular weight excluding hydrogens is 1880 g/mol. The van der Waals surface area contributed by atoms with Crippen LogP contribution in [0.2, 0.25) is 0 Å². The standard InChI is InChI=1S/C27H28NS.C25H24NS.C22H18NS.3C5H8O2.3Ir/c1-26(2,3)21-12-19(13-22(16-21)27(4,5)6)24-15-20-14-23(28-17-25(20)29-24)18-10-8-7-9-11-18;1-16-11-20(25(3,4)5)12-17(2)24(16)22-14-19-13-21(26-15-23(19)27-22)18-9-7-6-8-10-18;1-15(2)16-8-10-18(11-9-16)21-13-19-12-20(23-14-22(19)24-21)17-6-4-3-5-7-17;3*1-4(6)3-5(2)7;;;/h7-10,12-17H,1-6H3;6-9,11-15H,1-5H3;3-6,8-15H,1-2H3;3*3,6H,1-2H3;;;/q3*-1;;;;;;. The zero-order chi connectivity index (χ0) is 74.1. The average Bonchev–Trinajstić information content (AvgIpc) is 1.49. The maximum atomic E-state index is 10.0. The quantitative estimate of drug-likeness (QED) is 0.0691. The van der Waals surface area contributed by atoms with Crippen molar-refractivity contribution in [3.05, 3.63) is 269 Å². The summed E-state index contributed by atoms with van der Waals surface area (Å²) < 4.78 is 3.67. The number of aromatic nitrogens is 3. The first-order chi connectivity index (χ1) is 47.5. The summed E-state index contributed by atoms with van der Waals surface area (Å²) in [6, 6.07) is 67.9. The Balaban J connectivity index is 0.000000287. The number of rotatable bonds is 10. The third-order valence-electron chi connectivity index (χ3n) is 15.9. The number of fused-ring (bicyclic) bond motifs is 3. The predicted octanol–water partition coefficient (Wildman–Crippen LogP) is 25.0. The Bertz CT molecular complexity index is 4780. The molecule has 15 heteroatoms. The van der Waals surface area contributed by atoms with E-state index in [2.05, 4.69) is 226 Å². The number of aryl methyl sites for hydroxylation is 2. The second-order valence-electron chi connectivity index (χ2n) is 28.5. The van der Waals surface area contributed by atoms with E-state index in [0.717, 1.165) is 33.8 Å². The van der Waals surface area contributed by atoms with E-state index in [0.29, 0.717) is 5.92 Å². The Morgan fingerprint density at radius 1 is 0.404 bits per heavy atom. The molecule has 3 N–H and O–H groups in total. The van der Waals surface area contributed by atoms with Gasteiger partial charge in [-0.2, -0.15) is 0 Å². The summed E-state index contributed by atoms with van der Waals surface area (Å²) >= 11 is 5.44. The molecule has 0 spiro atoms. The molecule has 12 rings (SSSR count). The number of hydrogen-bond acceptors (Lipinski definition) is 12. The van der Waals surface area contributed by atoms with Gasteiger partial charge in [-0.25, -0.2) is 0 Å². The van der Waals surface area contributed by atoms with Gasteiger partial charge in [0.1, 0.15) is 0 Å². The van der Waals surface area contributed by atoms with Crippen LogP contribution in [0.1, 0.15) is 157 Å². The molecule has 0 aliphatic rings. The van der Waals surface area contributed by atoms with E-state index in [1.165, 1.54) is 155 Å². The molecule has 0 fully saturated rings. The normalized spacial score (nSPS) is 11.5. The second kappa shape index (κ2) is 40.1. The van der Waals surface area contributed by atoms with Gasteiger partial charge in [-0.3, -0.25) is 14.4 Å². The van der Waals surface area contributed by atoms with Crippen molar-refractivity contribution in [2.75, 3.05) is 0 Å². The zero-order valence-electron chi connectivity index (χ0n) is 62.8. The van der Waals surface area contributed by atoms with Crippen LogP contribution in [0.5, 0.6) is 0 Å². The third kappa shape index (κ3) is 26.7. The summed E-state index contributed by atoms with van der Waals surface area (Å²) in [6.45, 7) is 38.0. The zero-order valence-corrected chi connectivity index (χ0v) is 72.4. The van der Waals surface area contributed by atoms with Crippen molar-refractivity contribution >= 4 is 81.6 Å². The van der Waals surface area contributed by atoms with Crippen molar-refractivity contribution in [3.63, 3.8) is 0 Å². The molecule has 6 heterocycles. The van der Waals surface area contributed by atoms with Gasteiger partial charge >= 0.3 is 0 Å². The number of benzene rings is 6. The van der Waals surface area contributed by atoms with Crippen molar-refractivity contribution in [1.29, 1.82) is 0 Å². The molecule has 6 aromatic carbocycles. The third-order valence-corrected chi connectivity index (χ3v) is 19.2. The summed E-state index contributed by atoms with van der Waals surface area (Å²) in [6.07, 6.45) is 9.47. The van der Waals surface area contributed by atoms with Crippen LogP contribution < -0.4 is 0 Å². The summed E-state index contributed by atoms with van der Waals surface area (Å²) in [5.41, 5.74) is 18.6. The fourth-order valence-electron chi connectivity index (χ4n) is 10.7. The Labute approximate surface area is 668 Å². The Morgan fingerprint density at radius 2 is 0.712 bits per heavy atom. The van der Waals surface area contributed by atoms with Gasteiger partial charge in [-0.1, -0.05) is 137 Å². The fraction of sp³-hybridized carbons (Fsp3) is 0.258. The van der Waals surface area contributed by atoms with Crippen LogP contribution in [0.15, 0.2) is 218 Å². The number of allylic oxidation sites excluding steroid dienone is 6. The Morgan fingerprint density at radius 3 is 0.990 bits per heavy atom. The predicted molar refractivity (Wildman–Crippen MR) is 429 cm³/mol. The maximum Gasteiger partial charge on any atom is 0.155 e. The molecule has 0 atom stereocenters. The topological polar surface area (TPSA) is 151 Å². The minimum absolute atomic E-state index is 0. The van der Waals surface area contributed by atoms with Gasteiger partial charge in [0.05, 0.1) is 31.4 Å². The Kier molecular flexibility index (Phi) is 34.2. The van der Waals surface area contributed by atoms with E-state index >= 15 is 0 Å². The Hall–Kier alpha value is -7.77. The number of aliphatic hydroxyl groups excluding tert-OH is 3. The van der Waals surface area contributed by atoms with Crippen molar-refractivity contribution in [2.45, 2.75) is 154 Å². The van der Waals surface area contributed by atoms with Crippen LogP contribution in [0.25, 0.3) is 95.4 Å². The van der Waals surface area contributed by atoms with Crippen LogP contribution in [0.4, 0.5) is 0 Å². The molecule has 549 valence electrons. The van der Waals surface area contributed by atoms with E-state index in [-0.39, 0.29) is 111 Å². The average molecular weight is 1970 g/mol. The molecule has 9 nitrogen and oxygen atoms in total. The molecule has 0 aliphatic heterocycles. The monoisotopic (exact) mass is 1980 g/mol. The summed E-state index contributed by atoms with van der Waals surface area (Å²) in [4.78, 5) is 47.9. The van der Waals surface area contributed by atoms with Crippen molar-refractivity contribution in [1.82, 2.24) is 15.0 Å². The van der Waals surface area contributed by atoms with E-state index in [1.54, 1.807) is 11.3 Å². The minimum Gasteiger partial charge on any atom is -0.512 e. The first-order valence-electron chi connectivity index (χ1n) is 33.6. The number of aliphatic hydroxyl groups is 3. The van der Waals surface area contributed by atoms with Crippen LogP contribution in [-0.4, -0.2) is 47.6 Å². The summed E-state index contributed by atoms with van der Waals surface area (Å²) in [5.74, 6) is 0.378. The first kappa shape index (κ1) is 88.6. The van der Waals surface area contributed by atoms with E-state index in [1.807, 2.05) is 102 Å². The molecule has 0 aliphatic carbocycles. The van der Waals surface area contributed by atoms with E-state index in [9.17, 15) is 14.4 Å². The molecule has 104 heavy (non-hydrogen) atoms. The van der Waals surface area contributed by atoms with Gasteiger partial charge in [0.2, 0.25) is 0 Å². The van der Waals surface area contributed by atoms with Gasteiger partial charge < -0.3 is 30.3 Å². The number of nitrogens with zero attached hydrogens (tertiary/aromatic N) is 3. The fourth-order valence-corrected chi connectivity index (χ4v) is 13.9. The summed E-state index contributed by atoms with van der Waals surface area (Å²) in [5, 5.41) is 28.8. The van der Waals surface area contributed by atoms with Crippen LogP contribution in [0.3, 0.4) is 0 Å². The molecule has 0 saturated carbocycles. The number of thiophene rings is 3. The first-order valence-corrected chi connectivity index (χ1v) is 36.1. The second-order valence-corrected chi connectivity index (χ2v) is 31.7. The molecule has 0 saturated heterocycles. The van der Waals surface area contributed by atoms with Crippen LogP contribution in [0, 0.1) is 32.0 Å². The molecular formula is C89H94Ir3N3O6S3-3. The molecule has 6 aromatic heterocycles. The van der Waals surface area contributed by atoms with Crippen LogP contribution in [-0.2, 0) is 90.9 Å². The van der Waals surface area contributed by atoms with Gasteiger partial charge in [-0.15, -0.1) is 142 Å². The largest absolute Gasteiger partial charge is 0.512 e. The smallest absolute Gasteiger partial charge is 0.155 e. The van der Waals surface area contributed by atoms with Crippen molar-refractivity contribution in [3.8, 4) is 65.1 Å². The number of hydrogen-bond donors (Lipinski definition) is 3. The van der Waals surface area contributed by atoms with Crippen molar-refractivity contribution < 1.29 is 90.0 Å². The number of carbonyl (C=O) groups is 3. The SMILES string of the molecule is CC(=O)C=C(C)O.CC(=O)C=C(C)O.CC(=O)C=C(C)O.CC(C)(C)c1cc(-c2cc3cc(-c4[c-]cccc4)ncc3s2)cc(C(C)(C)C)c1.CC(C)c1ccc(-c2cc3cc(-c4[c-]cccc4)ncc3s2)cc1.Cc1cc(C(C)(C)C)cc(C)c1-c1cc2cc(-c3[c-]cccc3)ncc2s1.[Ir].[Ir].[Ir].